The largest absolute Gasteiger partial charge is 0.393 e. The SMILES string of the molecule is CC(O)CCNCCCN1CCCCC1C. The molecular formula is C13H28N2O. The molecule has 0 bridgehead atoms. The Bertz CT molecular complexity index is 173. The van der Waals surface area contributed by atoms with Crippen molar-refractivity contribution in [3.63, 3.8) is 0 Å². The summed E-state index contributed by atoms with van der Waals surface area (Å²) >= 11 is 0. The number of nitrogens with one attached hydrogen (secondary N) is 1. The molecule has 2 N–H and O–H groups in total. The molecule has 16 heavy (non-hydrogen) atoms. The molecule has 1 saturated heterocycles. The minimum atomic E-state index is -0.172. The molecule has 3 nitrogen and oxygen atoms in total. The van der Waals surface area contributed by atoms with Gasteiger partial charge in [-0.15, -0.1) is 0 Å². The number of likely N-dealkylation sites (tertiary alicyclic amines) is 1. The lowest BCUT2D eigenvalue weighted by Gasteiger charge is -2.33. The smallest absolute Gasteiger partial charge is 0.0524 e. The second-order valence-electron chi connectivity index (χ2n) is 5.12. The predicted octanol–water partition coefficient (Wildman–Crippen LogP) is 1.61. The van der Waals surface area contributed by atoms with E-state index in [2.05, 4.69) is 17.1 Å². The molecule has 1 aliphatic heterocycles. The molecule has 1 aliphatic rings. The third-order valence-electron chi connectivity index (χ3n) is 3.48. The Kier molecular flexibility index (Phi) is 7.01. The van der Waals surface area contributed by atoms with Gasteiger partial charge >= 0.3 is 0 Å². The van der Waals surface area contributed by atoms with Crippen molar-refractivity contribution >= 4 is 0 Å². The lowest BCUT2D eigenvalue weighted by Crippen LogP contribution is -2.39. The molecular weight excluding hydrogens is 200 g/mol. The summed E-state index contributed by atoms with van der Waals surface area (Å²) in [4.78, 5) is 2.61. The Hall–Kier alpha value is -0.120. The number of aliphatic hydroxyl groups is 1. The average molecular weight is 228 g/mol. The average Bonchev–Trinajstić information content (AvgIpc) is 2.25. The quantitative estimate of drug-likeness (QED) is 0.650. The molecule has 0 aromatic heterocycles. The van der Waals surface area contributed by atoms with E-state index in [1.807, 2.05) is 6.92 Å². The monoisotopic (exact) mass is 228 g/mol. The number of aliphatic hydroxyl groups excluding tert-OH is 1. The Morgan fingerprint density at radius 3 is 2.88 bits per heavy atom. The molecule has 1 rings (SSSR count). The fraction of sp³-hybridized carbons (Fsp3) is 1.00. The van der Waals surface area contributed by atoms with Gasteiger partial charge in [0.2, 0.25) is 0 Å². The molecule has 0 saturated carbocycles. The van der Waals surface area contributed by atoms with Crippen molar-refractivity contribution < 1.29 is 5.11 Å². The van der Waals surface area contributed by atoms with Crippen LogP contribution in [0.25, 0.3) is 0 Å². The highest BCUT2D eigenvalue weighted by Crippen LogP contribution is 2.15. The number of hydrogen-bond donors (Lipinski definition) is 2. The zero-order valence-corrected chi connectivity index (χ0v) is 10.9. The summed E-state index contributed by atoms with van der Waals surface area (Å²) in [5, 5.41) is 12.5. The van der Waals surface area contributed by atoms with Crippen molar-refractivity contribution in [1.82, 2.24) is 10.2 Å². The van der Waals surface area contributed by atoms with Gasteiger partial charge in [0, 0.05) is 6.04 Å². The van der Waals surface area contributed by atoms with Crippen LogP contribution in [0.3, 0.4) is 0 Å². The van der Waals surface area contributed by atoms with E-state index in [-0.39, 0.29) is 6.10 Å². The van der Waals surface area contributed by atoms with Crippen LogP contribution in [0.15, 0.2) is 0 Å². The maximum atomic E-state index is 9.10. The van der Waals surface area contributed by atoms with Crippen molar-refractivity contribution in [3.8, 4) is 0 Å². The van der Waals surface area contributed by atoms with E-state index in [0.29, 0.717) is 0 Å². The lowest BCUT2D eigenvalue weighted by molar-refractivity contribution is 0.158. The molecule has 0 aliphatic carbocycles. The Balaban J connectivity index is 1.94. The van der Waals surface area contributed by atoms with Gasteiger partial charge in [0.1, 0.15) is 0 Å². The van der Waals surface area contributed by atoms with Gasteiger partial charge in [-0.25, -0.2) is 0 Å². The fourth-order valence-electron chi connectivity index (χ4n) is 2.33. The highest BCUT2D eigenvalue weighted by molar-refractivity contribution is 4.72. The third-order valence-corrected chi connectivity index (χ3v) is 3.48. The molecule has 0 radical (unpaired) electrons. The Morgan fingerprint density at radius 2 is 2.19 bits per heavy atom. The number of nitrogens with zero attached hydrogens (tertiary/aromatic N) is 1. The summed E-state index contributed by atoms with van der Waals surface area (Å²) in [6.45, 7) is 8.72. The van der Waals surface area contributed by atoms with Gasteiger partial charge < -0.3 is 15.3 Å². The molecule has 0 amide bonds. The summed E-state index contributed by atoms with van der Waals surface area (Å²) in [7, 11) is 0. The van der Waals surface area contributed by atoms with Crippen LogP contribution in [0, 0.1) is 0 Å². The van der Waals surface area contributed by atoms with Crippen LogP contribution < -0.4 is 5.32 Å². The standard InChI is InChI=1S/C13H28N2O/c1-12-6-3-4-10-15(12)11-5-8-14-9-7-13(2)16/h12-14,16H,3-11H2,1-2H3. The van der Waals surface area contributed by atoms with Crippen molar-refractivity contribution in [2.24, 2.45) is 0 Å². The van der Waals surface area contributed by atoms with Crippen LogP contribution in [-0.4, -0.2) is 48.3 Å². The van der Waals surface area contributed by atoms with E-state index in [0.717, 1.165) is 25.6 Å². The molecule has 1 fully saturated rings. The highest BCUT2D eigenvalue weighted by Gasteiger charge is 2.16. The second kappa shape index (κ2) is 8.04. The maximum absolute atomic E-state index is 9.10. The molecule has 96 valence electrons. The van der Waals surface area contributed by atoms with Gasteiger partial charge in [-0.05, 0) is 65.7 Å². The van der Waals surface area contributed by atoms with Crippen LogP contribution in [0.2, 0.25) is 0 Å². The summed E-state index contributed by atoms with van der Waals surface area (Å²) in [5.41, 5.74) is 0. The molecule has 0 aromatic carbocycles. The Morgan fingerprint density at radius 1 is 1.38 bits per heavy atom. The lowest BCUT2D eigenvalue weighted by atomic mass is 10.0. The number of piperidine rings is 1. The molecule has 2 unspecified atom stereocenters. The zero-order chi connectivity index (χ0) is 11.8. The van der Waals surface area contributed by atoms with Gasteiger partial charge in [0.25, 0.3) is 0 Å². The summed E-state index contributed by atoms with van der Waals surface area (Å²) in [5.74, 6) is 0. The first-order valence-corrected chi connectivity index (χ1v) is 6.83. The van der Waals surface area contributed by atoms with Crippen molar-refractivity contribution in [1.29, 1.82) is 0 Å². The van der Waals surface area contributed by atoms with Crippen molar-refractivity contribution in [2.75, 3.05) is 26.2 Å². The third kappa shape index (κ3) is 5.83. The van der Waals surface area contributed by atoms with E-state index in [4.69, 9.17) is 5.11 Å². The summed E-state index contributed by atoms with van der Waals surface area (Å²) in [6, 6.07) is 0.784. The second-order valence-corrected chi connectivity index (χ2v) is 5.12. The highest BCUT2D eigenvalue weighted by atomic mass is 16.3. The summed E-state index contributed by atoms with van der Waals surface area (Å²) in [6.07, 6.45) is 6.07. The van der Waals surface area contributed by atoms with Crippen molar-refractivity contribution in [3.05, 3.63) is 0 Å². The van der Waals surface area contributed by atoms with Gasteiger partial charge in [-0.2, -0.15) is 0 Å². The van der Waals surface area contributed by atoms with Gasteiger partial charge in [-0.1, -0.05) is 6.42 Å². The van der Waals surface area contributed by atoms with Crippen LogP contribution >= 0.6 is 0 Å². The van der Waals surface area contributed by atoms with Crippen LogP contribution in [-0.2, 0) is 0 Å². The minimum Gasteiger partial charge on any atom is -0.393 e. The van der Waals surface area contributed by atoms with E-state index in [1.54, 1.807) is 0 Å². The van der Waals surface area contributed by atoms with Crippen LogP contribution in [0.4, 0.5) is 0 Å². The predicted molar refractivity (Wildman–Crippen MR) is 68.7 cm³/mol. The minimum absolute atomic E-state index is 0.172. The zero-order valence-electron chi connectivity index (χ0n) is 10.9. The summed E-state index contributed by atoms with van der Waals surface area (Å²) < 4.78 is 0. The van der Waals surface area contributed by atoms with Crippen LogP contribution in [0.5, 0.6) is 0 Å². The molecule has 2 atom stereocenters. The maximum Gasteiger partial charge on any atom is 0.0524 e. The first-order chi connectivity index (χ1) is 7.70. The topological polar surface area (TPSA) is 35.5 Å². The molecule has 1 heterocycles. The number of rotatable bonds is 7. The van der Waals surface area contributed by atoms with E-state index in [9.17, 15) is 0 Å². The molecule has 0 spiro atoms. The first kappa shape index (κ1) is 13.9. The molecule has 0 aromatic rings. The Labute approximate surface area is 100 Å². The van der Waals surface area contributed by atoms with Gasteiger partial charge in [-0.3, -0.25) is 0 Å². The van der Waals surface area contributed by atoms with Gasteiger partial charge in [0.15, 0.2) is 0 Å². The van der Waals surface area contributed by atoms with Crippen LogP contribution in [0.1, 0.15) is 46.0 Å². The van der Waals surface area contributed by atoms with E-state index < -0.39 is 0 Å². The fourth-order valence-corrected chi connectivity index (χ4v) is 2.33. The number of hydrogen-bond acceptors (Lipinski definition) is 3. The van der Waals surface area contributed by atoms with Crippen molar-refractivity contribution in [2.45, 2.75) is 58.1 Å². The normalized spacial score (nSPS) is 24.6. The van der Waals surface area contributed by atoms with E-state index >= 15 is 0 Å². The molecule has 3 heteroatoms. The first-order valence-electron chi connectivity index (χ1n) is 6.83. The van der Waals surface area contributed by atoms with E-state index in [1.165, 1.54) is 38.8 Å². The van der Waals surface area contributed by atoms with Gasteiger partial charge in [0.05, 0.1) is 6.10 Å².